The highest BCUT2D eigenvalue weighted by molar-refractivity contribution is 5.76. The molecule has 0 aromatic rings. The van der Waals surface area contributed by atoms with Gasteiger partial charge < -0.3 is 0 Å². The smallest absolute Gasteiger partial charge is 0.242 e. The molecule has 52 valence electrons. The summed E-state index contributed by atoms with van der Waals surface area (Å²) < 4.78 is 0. The second kappa shape index (κ2) is 4.06. The van der Waals surface area contributed by atoms with Crippen molar-refractivity contribution in [2.75, 3.05) is 7.05 Å². The summed E-state index contributed by atoms with van der Waals surface area (Å²) in [4.78, 5) is 10.7. The monoisotopic (exact) mass is 128 g/mol. The van der Waals surface area contributed by atoms with Gasteiger partial charge in [-0.15, -0.1) is 0 Å². The maximum atomic E-state index is 10.7. The topological polar surface area (TPSA) is 32.7 Å². The summed E-state index contributed by atoms with van der Waals surface area (Å²) in [5.74, 6) is 0.0353. The van der Waals surface area contributed by atoms with Gasteiger partial charge in [0, 0.05) is 19.7 Å². The first kappa shape index (κ1) is 8.14. The molecule has 0 bridgehead atoms. The van der Waals surface area contributed by atoms with E-state index in [0.717, 1.165) is 0 Å². The van der Waals surface area contributed by atoms with Crippen molar-refractivity contribution in [3.63, 3.8) is 0 Å². The molecule has 0 heterocycles. The Bertz CT molecular complexity index is 120. The number of hydrazone groups is 1. The van der Waals surface area contributed by atoms with E-state index >= 15 is 0 Å². The maximum Gasteiger partial charge on any atom is 0.242 e. The van der Waals surface area contributed by atoms with E-state index in [2.05, 4.69) is 5.10 Å². The van der Waals surface area contributed by atoms with Crippen molar-refractivity contribution in [1.82, 2.24) is 5.01 Å². The Labute approximate surface area is 55.4 Å². The largest absolute Gasteiger partial charge is 0.273 e. The molecule has 0 radical (unpaired) electrons. The third-order valence-electron chi connectivity index (χ3n) is 0.952. The molecule has 0 atom stereocenters. The van der Waals surface area contributed by atoms with Crippen molar-refractivity contribution in [2.24, 2.45) is 5.10 Å². The van der Waals surface area contributed by atoms with Crippen LogP contribution in [0.3, 0.4) is 0 Å². The molecule has 3 heteroatoms. The first-order valence-corrected chi connectivity index (χ1v) is 2.97. The SMILES string of the molecule is C/C=N\N(C)C(=O)CC. The van der Waals surface area contributed by atoms with E-state index in [4.69, 9.17) is 0 Å². The molecule has 0 aromatic carbocycles. The number of hydrogen-bond acceptors (Lipinski definition) is 2. The number of rotatable bonds is 2. The van der Waals surface area contributed by atoms with Gasteiger partial charge in [-0.25, -0.2) is 5.01 Å². The molecule has 0 fully saturated rings. The van der Waals surface area contributed by atoms with E-state index in [1.54, 1.807) is 20.2 Å². The lowest BCUT2D eigenvalue weighted by Gasteiger charge is -2.06. The second-order valence-corrected chi connectivity index (χ2v) is 1.64. The molecule has 0 aliphatic carbocycles. The Morgan fingerprint density at radius 1 is 1.78 bits per heavy atom. The first-order valence-electron chi connectivity index (χ1n) is 2.97. The molecule has 0 saturated carbocycles. The van der Waals surface area contributed by atoms with Crippen molar-refractivity contribution >= 4 is 12.1 Å². The minimum atomic E-state index is 0.0353. The highest BCUT2D eigenvalue weighted by Gasteiger charge is 2.00. The fourth-order valence-corrected chi connectivity index (χ4v) is 0.466. The minimum Gasteiger partial charge on any atom is -0.273 e. The molecule has 0 spiro atoms. The van der Waals surface area contributed by atoms with Crippen molar-refractivity contribution in [3.05, 3.63) is 0 Å². The Balaban J connectivity index is 3.72. The zero-order chi connectivity index (χ0) is 7.28. The third kappa shape index (κ3) is 2.85. The van der Waals surface area contributed by atoms with Gasteiger partial charge in [-0.2, -0.15) is 5.10 Å². The molecule has 0 aliphatic rings. The molecule has 1 amide bonds. The predicted molar refractivity (Wildman–Crippen MR) is 37.2 cm³/mol. The lowest BCUT2D eigenvalue weighted by atomic mass is 10.4. The molecule has 0 N–H and O–H groups in total. The van der Waals surface area contributed by atoms with Gasteiger partial charge in [-0.3, -0.25) is 4.79 Å². The molecule has 0 saturated heterocycles. The van der Waals surface area contributed by atoms with Gasteiger partial charge in [0.25, 0.3) is 0 Å². The lowest BCUT2D eigenvalue weighted by molar-refractivity contribution is -0.129. The lowest BCUT2D eigenvalue weighted by Crippen LogP contribution is -2.19. The summed E-state index contributed by atoms with van der Waals surface area (Å²) in [6, 6.07) is 0. The molecular weight excluding hydrogens is 116 g/mol. The fraction of sp³-hybridized carbons (Fsp3) is 0.667. The molecule has 0 aromatic heterocycles. The van der Waals surface area contributed by atoms with Crippen LogP contribution in [0, 0.1) is 0 Å². The third-order valence-corrected chi connectivity index (χ3v) is 0.952. The summed E-state index contributed by atoms with van der Waals surface area (Å²) >= 11 is 0. The van der Waals surface area contributed by atoms with Gasteiger partial charge in [-0.05, 0) is 6.92 Å². The molecule has 3 nitrogen and oxygen atoms in total. The van der Waals surface area contributed by atoms with E-state index in [1.165, 1.54) is 5.01 Å². The van der Waals surface area contributed by atoms with Gasteiger partial charge in [0.1, 0.15) is 0 Å². The van der Waals surface area contributed by atoms with Crippen LogP contribution in [0.15, 0.2) is 5.10 Å². The summed E-state index contributed by atoms with van der Waals surface area (Å²) in [6.07, 6.45) is 2.10. The standard InChI is InChI=1S/C6H12N2O/c1-4-6(9)8(3)7-5-2/h5H,4H2,1-3H3/b7-5-. The number of amides is 1. The average molecular weight is 128 g/mol. The van der Waals surface area contributed by atoms with E-state index in [9.17, 15) is 4.79 Å². The van der Waals surface area contributed by atoms with Gasteiger partial charge in [0.15, 0.2) is 0 Å². The van der Waals surface area contributed by atoms with E-state index in [1.807, 2.05) is 6.92 Å². The second-order valence-electron chi connectivity index (χ2n) is 1.64. The van der Waals surface area contributed by atoms with Crippen LogP contribution in [0.1, 0.15) is 20.3 Å². The average Bonchev–Trinajstić information content (AvgIpc) is 1.87. The minimum absolute atomic E-state index is 0.0353. The van der Waals surface area contributed by atoms with Crippen molar-refractivity contribution in [1.29, 1.82) is 0 Å². The number of hydrogen-bond donors (Lipinski definition) is 0. The maximum absolute atomic E-state index is 10.7. The highest BCUT2D eigenvalue weighted by Crippen LogP contribution is 1.87. The van der Waals surface area contributed by atoms with Crippen LogP contribution in [0.5, 0.6) is 0 Å². The Hall–Kier alpha value is -0.860. The van der Waals surface area contributed by atoms with Gasteiger partial charge in [-0.1, -0.05) is 6.92 Å². The molecular formula is C6H12N2O. The van der Waals surface area contributed by atoms with Crippen molar-refractivity contribution in [2.45, 2.75) is 20.3 Å². The van der Waals surface area contributed by atoms with Crippen LogP contribution in [-0.4, -0.2) is 24.2 Å². The van der Waals surface area contributed by atoms with Gasteiger partial charge in [0.05, 0.1) is 0 Å². The van der Waals surface area contributed by atoms with Crippen molar-refractivity contribution in [3.8, 4) is 0 Å². The molecule has 0 aliphatic heterocycles. The summed E-state index contributed by atoms with van der Waals surface area (Å²) in [5.41, 5.74) is 0. The summed E-state index contributed by atoms with van der Waals surface area (Å²) in [6.45, 7) is 3.59. The first-order chi connectivity index (χ1) is 4.22. The number of carbonyl (C=O) groups excluding carboxylic acids is 1. The highest BCUT2D eigenvalue weighted by atomic mass is 16.2. The zero-order valence-electron chi connectivity index (χ0n) is 6.09. The Morgan fingerprint density at radius 2 is 2.33 bits per heavy atom. The summed E-state index contributed by atoms with van der Waals surface area (Å²) in [7, 11) is 1.64. The van der Waals surface area contributed by atoms with Crippen LogP contribution >= 0.6 is 0 Å². The van der Waals surface area contributed by atoms with Gasteiger partial charge in [0.2, 0.25) is 5.91 Å². The summed E-state index contributed by atoms with van der Waals surface area (Å²) in [5, 5.41) is 5.09. The van der Waals surface area contributed by atoms with Crippen LogP contribution in [0.4, 0.5) is 0 Å². The molecule has 0 unspecified atom stereocenters. The zero-order valence-corrected chi connectivity index (χ0v) is 6.09. The molecule has 9 heavy (non-hydrogen) atoms. The predicted octanol–water partition coefficient (Wildman–Crippen LogP) is 0.861. The van der Waals surface area contributed by atoms with Gasteiger partial charge >= 0.3 is 0 Å². The van der Waals surface area contributed by atoms with Crippen LogP contribution in [0.2, 0.25) is 0 Å². The Kier molecular flexibility index (Phi) is 3.67. The van der Waals surface area contributed by atoms with Crippen LogP contribution in [-0.2, 0) is 4.79 Å². The van der Waals surface area contributed by atoms with Crippen LogP contribution in [0.25, 0.3) is 0 Å². The van der Waals surface area contributed by atoms with Crippen LogP contribution < -0.4 is 0 Å². The van der Waals surface area contributed by atoms with E-state index in [-0.39, 0.29) is 5.91 Å². The fourth-order valence-electron chi connectivity index (χ4n) is 0.466. The van der Waals surface area contributed by atoms with E-state index in [0.29, 0.717) is 6.42 Å². The quantitative estimate of drug-likeness (QED) is 0.401. The number of nitrogens with zero attached hydrogens (tertiary/aromatic N) is 2. The number of carbonyl (C=O) groups is 1. The normalized spacial score (nSPS) is 10.1. The Morgan fingerprint density at radius 3 is 2.67 bits per heavy atom. The van der Waals surface area contributed by atoms with E-state index < -0.39 is 0 Å². The molecule has 0 rings (SSSR count). The van der Waals surface area contributed by atoms with Crippen molar-refractivity contribution < 1.29 is 4.79 Å².